The number of hydrogen-bond donors (Lipinski definition) is 1. The predicted molar refractivity (Wildman–Crippen MR) is 67.6 cm³/mol. The third-order valence-corrected chi connectivity index (χ3v) is 3.17. The van der Waals surface area contributed by atoms with E-state index in [0.29, 0.717) is 12.8 Å². The lowest BCUT2D eigenvalue weighted by Crippen LogP contribution is -2.49. The Morgan fingerprint density at radius 2 is 2.47 bits per heavy atom. The first-order chi connectivity index (χ1) is 9.18. The van der Waals surface area contributed by atoms with Crippen molar-refractivity contribution >= 4 is 11.8 Å². The zero-order chi connectivity index (χ0) is 13.7. The van der Waals surface area contributed by atoms with Crippen molar-refractivity contribution in [2.45, 2.75) is 31.9 Å². The topological polar surface area (TPSA) is 71.5 Å². The maximum absolute atomic E-state index is 11.9. The Bertz CT molecular complexity index is 450. The van der Waals surface area contributed by atoms with Gasteiger partial charge in [-0.15, -0.1) is 0 Å². The van der Waals surface area contributed by atoms with E-state index in [1.807, 2.05) is 6.07 Å². The van der Waals surface area contributed by atoms with Gasteiger partial charge in [0.05, 0.1) is 0 Å². The molecular formula is C13H17N3O3. The van der Waals surface area contributed by atoms with Gasteiger partial charge < -0.3 is 4.90 Å². The smallest absolute Gasteiger partial charge is 0.266 e. The van der Waals surface area contributed by atoms with Gasteiger partial charge in [-0.3, -0.25) is 19.4 Å². The molecule has 1 saturated heterocycles. The quantitative estimate of drug-likeness (QED) is 0.809. The second kappa shape index (κ2) is 6.29. The molecule has 6 heteroatoms. The maximum atomic E-state index is 11.9. The van der Waals surface area contributed by atoms with Crippen molar-refractivity contribution in [2.24, 2.45) is 0 Å². The molecule has 1 fully saturated rings. The number of likely N-dealkylation sites (N-methyl/N-ethyl adjacent to an activating group) is 1. The summed E-state index contributed by atoms with van der Waals surface area (Å²) in [6.45, 7) is 0.254. The van der Waals surface area contributed by atoms with E-state index >= 15 is 0 Å². The molecule has 1 aliphatic rings. The highest BCUT2D eigenvalue weighted by atomic mass is 16.6. The third kappa shape index (κ3) is 3.51. The van der Waals surface area contributed by atoms with Crippen molar-refractivity contribution < 1.29 is 14.4 Å². The van der Waals surface area contributed by atoms with Crippen LogP contribution in [-0.4, -0.2) is 34.8 Å². The van der Waals surface area contributed by atoms with Gasteiger partial charge in [-0.25, -0.2) is 5.48 Å². The number of hydroxylamine groups is 1. The number of likely N-dealkylation sites (tertiary alicyclic amines) is 1. The summed E-state index contributed by atoms with van der Waals surface area (Å²) < 4.78 is 0. The molecule has 0 aromatic carbocycles. The average Bonchev–Trinajstić information content (AvgIpc) is 2.43. The molecule has 1 unspecified atom stereocenters. The molecule has 6 nitrogen and oxygen atoms in total. The van der Waals surface area contributed by atoms with Crippen LogP contribution in [0.25, 0.3) is 0 Å². The molecule has 1 aromatic rings. The first-order valence-electron chi connectivity index (χ1n) is 6.24. The second-order valence-electron chi connectivity index (χ2n) is 4.53. The van der Waals surface area contributed by atoms with Crippen LogP contribution >= 0.6 is 0 Å². The lowest BCUT2D eigenvalue weighted by molar-refractivity contribution is -0.149. The molecule has 102 valence electrons. The van der Waals surface area contributed by atoms with Gasteiger partial charge in [0.25, 0.3) is 5.91 Å². The van der Waals surface area contributed by atoms with Crippen LogP contribution in [0, 0.1) is 0 Å². The number of nitrogens with zero attached hydrogens (tertiary/aromatic N) is 2. The number of aromatic nitrogens is 1. The standard InChI is InChI=1S/C13H17N3O3/c1-16-11(5-2-6-12(16)17)13(18)15-19-9-10-4-3-7-14-8-10/h3-4,7-8,11H,2,5-6,9H2,1H3,(H,15,18). The Balaban J connectivity index is 1.79. The molecule has 1 N–H and O–H groups in total. The molecule has 19 heavy (non-hydrogen) atoms. The van der Waals surface area contributed by atoms with E-state index in [2.05, 4.69) is 10.5 Å². The van der Waals surface area contributed by atoms with Crippen LogP contribution in [-0.2, 0) is 21.0 Å². The van der Waals surface area contributed by atoms with E-state index in [-0.39, 0.29) is 18.4 Å². The molecule has 0 aliphatic carbocycles. The fourth-order valence-electron chi connectivity index (χ4n) is 2.04. The van der Waals surface area contributed by atoms with Crippen molar-refractivity contribution in [3.8, 4) is 0 Å². The summed E-state index contributed by atoms with van der Waals surface area (Å²) in [6.07, 6.45) is 5.26. The van der Waals surface area contributed by atoms with Crippen molar-refractivity contribution in [1.82, 2.24) is 15.4 Å². The van der Waals surface area contributed by atoms with Crippen LogP contribution in [0.1, 0.15) is 24.8 Å². The Labute approximate surface area is 111 Å². The first-order valence-corrected chi connectivity index (χ1v) is 6.24. The Morgan fingerprint density at radius 3 is 3.21 bits per heavy atom. The minimum atomic E-state index is -0.435. The summed E-state index contributed by atoms with van der Waals surface area (Å²) in [5, 5.41) is 0. The molecule has 1 aromatic heterocycles. The third-order valence-electron chi connectivity index (χ3n) is 3.17. The predicted octanol–water partition coefficient (Wildman–Crippen LogP) is 0.640. The number of nitrogens with one attached hydrogen (secondary N) is 1. The highest BCUT2D eigenvalue weighted by Crippen LogP contribution is 2.16. The summed E-state index contributed by atoms with van der Waals surface area (Å²) in [5.74, 6) is -0.280. The second-order valence-corrected chi connectivity index (χ2v) is 4.53. The van der Waals surface area contributed by atoms with Gasteiger partial charge >= 0.3 is 0 Å². The normalized spacial score (nSPS) is 19.3. The highest BCUT2D eigenvalue weighted by molar-refractivity contribution is 5.88. The summed E-state index contributed by atoms with van der Waals surface area (Å²) >= 11 is 0. The number of carbonyl (C=O) groups is 2. The monoisotopic (exact) mass is 263 g/mol. The van der Waals surface area contributed by atoms with Gasteiger partial charge in [-0.2, -0.15) is 0 Å². The average molecular weight is 263 g/mol. The SMILES string of the molecule is CN1C(=O)CCCC1C(=O)NOCc1cccnc1. The van der Waals surface area contributed by atoms with Crippen LogP contribution in [0.4, 0.5) is 0 Å². The van der Waals surface area contributed by atoms with Gasteiger partial charge in [0.1, 0.15) is 12.6 Å². The number of amides is 2. The fourth-order valence-corrected chi connectivity index (χ4v) is 2.04. The lowest BCUT2D eigenvalue weighted by atomic mass is 10.0. The van der Waals surface area contributed by atoms with Gasteiger partial charge in [-0.1, -0.05) is 6.07 Å². The van der Waals surface area contributed by atoms with Crippen molar-refractivity contribution in [3.05, 3.63) is 30.1 Å². The number of pyridine rings is 1. The zero-order valence-electron chi connectivity index (χ0n) is 10.8. The molecule has 1 aliphatic heterocycles. The van der Waals surface area contributed by atoms with Crippen LogP contribution < -0.4 is 5.48 Å². The molecular weight excluding hydrogens is 246 g/mol. The molecule has 2 heterocycles. The van der Waals surface area contributed by atoms with E-state index in [1.54, 1.807) is 25.5 Å². The van der Waals surface area contributed by atoms with E-state index in [4.69, 9.17) is 4.84 Å². The molecule has 2 rings (SSSR count). The summed E-state index contributed by atoms with van der Waals surface area (Å²) in [5.41, 5.74) is 3.26. The Hall–Kier alpha value is -1.95. The maximum Gasteiger partial charge on any atom is 0.266 e. The van der Waals surface area contributed by atoms with Crippen molar-refractivity contribution in [3.63, 3.8) is 0 Å². The zero-order valence-corrected chi connectivity index (χ0v) is 10.8. The highest BCUT2D eigenvalue weighted by Gasteiger charge is 2.30. The number of rotatable bonds is 4. The van der Waals surface area contributed by atoms with E-state index in [1.165, 1.54) is 4.90 Å². The number of hydrogen-bond acceptors (Lipinski definition) is 4. The largest absolute Gasteiger partial charge is 0.334 e. The minimum Gasteiger partial charge on any atom is -0.334 e. The first kappa shape index (κ1) is 13.5. The van der Waals surface area contributed by atoms with Crippen LogP contribution in [0.3, 0.4) is 0 Å². The summed E-state index contributed by atoms with van der Waals surface area (Å²) in [4.78, 5) is 34.0. The summed E-state index contributed by atoms with van der Waals surface area (Å²) in [6, 6.07) is 3.22. The van der Waals surface area contributed by atoms with Gasteiger partial charge in [0, 0.05) is 25.9 Å². The van der Waals surface area contributed by atoms with E-state index < -0.39 is 6.04 Å². The minimum absolute atomic E-state index is 0.00124. The van der Waals surface area contributed by atoms with E-state index in [0.717, 1.165) is 12.0 Å². The van der Waals surface area contributed by atoms with Gasteiger partial charge in [-0.05, 0) is 24.5 Å². The lowest BCUT2D eigenvalue weighted by Gasteiger charge is -2.30. The number of piperidine rings is 1. The van der Waals surface area contributed by atoms with E-state index in [9.17, 15) is 9.59 Å². The van der Waals surface area contributed by atoms with Crippen LogP contribution in [0.5, 0.6) is 0 Å². The molecule has 2 amide bonds. The molecule has 0 saturated carbocycles. The van der Waals surface area contributed by atoms with Crippen molar-refractivity contribution in [2.75, 3.05) is 7.05 Å². The number of carbonyl (C=O) groups excluding carboxylic acids is 2. The Kier molecular flexibility index (Phi) is 4.46. The van der Waals surface area contributed by atoms with Crippen LogP contribution in [0.2, 0.25) is 0 Å². The summed E-state index contributed by atoms with van der Waals surface area (Å²) in [7, 11) is 1.65. The van der Waals surface area contributed by atoms with Crippen LogP contribution in [0.15, 0.2) is 24.5 Å². The molecule has 0 spiro atoms. The van der Waals surface area contributed by atoms with Crippen molar-refractivity contribution in [1.29, 1.82) is 0 Å². The Morgan fingerprint density at radius 1 is 1.63 bits per heavy atom. The molecule has 0 radical (unpaired) electrons. The van der Waals surface area contributed by atoms with Gasteiger partial charge in [0.15, 0.2) is 0 Å². The molecule has 0 bridgehead atoms. The fraction of sp³-hybridized carbons (Fsp3) is 0.462. The molecule has 1 atom stereocenters. The van der Waals surface area contributed by atoms with Gasteiger partial charge in [0.2, 0.25) is 5.91 Å².